The molecular weight excluding hydrogens is 400 g/mol. The molecule has 1 aliphatic rings. The van der Waals surface area contributed by atoms with E-state index in [-0.39, 0.29) is 29.6 Å². The van der Waals surface area contributed by atoms with Crippen molar-refractivity contribution in [1.29, 1.82) is 0 Å². The van der Waals surface area contributed by atoms with Crippen LogP contribution in [0.3, 0.4) is 0 Å². The van der Waals surface area contributed by atoms with Gasteiger partial charge in [0.2, 0.25) is 0 Å². The predicted molar refractivity (Wildman–Crippen MR) is 127 cm³/mol. The van der Waals surface area contributed by atoms with Gasteiger partial charge in [0.1, 0.15) is 0 Å². The van der Waals surface area contributed by atoms with Crippen molar-refractivity contribution in [2.24, 2.45) is 0 Å². The number of rotatable bonds is 5. The number of amides is 3. The van der Waals surface area contributed by atoms with Crippen LogP contribution in [0.15, 0.2) is 66.7 Å². The first-order valence-electron chi connectivity index (χ1n) is 10.8. The molecule has 0 spiro atoms. The number of para-hydroxylation sites is 1. The Labute approximate surface area is 188 Å². The Kier molecular flexibility index (Phi) is 5.66. The molecule has 1 aliphatic heterocycles. The molecular formula is C27H26N2O3. The lowest BCUT2D eigenvalue weighted by atomic mass is 9.92. The molecule has 0 unspecified atom stereocenters. The van der Waals surface area contributed by atoms with Crippen molar-refractivity contribution in [3.8, 4) is 0 Å². The van der Waals surface area contributed by atoms with Crippen LogP contribution in [0.5, 0.6) is 0 Å². The van der Waals surface area contributed by atoms with Crippen LogP contribution in [0.2, 0.25) is 0 Å². The fourth-order valence-corrected chi connectivity index (χ4v) is 4.09. The van der Waals surface area contributed by atoms with Crippen LogP contribution < -0.4 is 10.2 Å². The molecule has 0 radical (unpaired) electrons. The van der Waals surface area contributed by atoms with E-state index in [1.807, 2.05) is 18.2 Å². The normalized spacial score (nSPS) is 13.1. The van der Waals surface area contributed by atoms with Gasteiger partial charge in [-0.3, -0.25) is 14.4 Å². The minimum atomic E-state index is -0.379. The maximum atomic E-state index is 13.2. The number of hydrogen-bond acceptors (Lipinski definition) is 3. The van der Waals surface area contributed by atoms with Crippen molar-refractivity contribution in [1.82, 2.24) is 0 Å². The SMILES string of the molecule is CC(C)c1cccc(C(C)C)c1NC(=O)c1cccc(N2C(=O)c3ccccc3C2=O)c1. The summed E-state index contributed by atoms with van der Waals surface area (Å²) in [5, 5.41) is 3.09. The molecule has 1 N–H and O–H groups in total. The number of benzene rings is 3. The third-order valence-corrected chi connectivity index (χ3v) is 5.77. The smallest absolute Gasteiger partial charge is 0.266 e. The number of imide groups is 1. The summed E-state index contributed by atoms with van der Waals surface area (Å²) in [5.41, 5.74) is 4.48. The van der Waals surface area contributed by atoms with Gasteiger partial charge in [-0.2, -0.15) is 0 Å². The second-order valence-corrected chi connectivity index (χ2v) is 8.62. The van der Waals surface area contributed by atoms with Crippen LogP contribution in [0, 0.1) is 0 Å². The molecule has 0 fully saturated rings. The van der Waals surface area contributed by atoms with Crippen molar-refractivity contribution < 1.29 is 14.4 Å². The summed E-state index contributed by atoms with van der Waals surface area (Å²) >= 11 is 0. The highest BCUT2D eigenvalue weighted by molar-refractivity contribution is 6.34. The maximum Gasteiger partial charge on any atom is 0.266 e. The Hall–Kier alpha value is -3.73. The predicted octanol–water partition coefficient (Wildman–Crippen LogP) is 5.99. The minimum Gasteiger partial charge on any atom is -0.321 e. The average molecular weight is 427 g/mol. The Bertz CT molecular complexity index is 1170. The molecule has 0 saturated carbocycles. The van der Waals surface area contributed by atoms with Gasteiger partial charge in [0.15, 0.2) is 0 Å². The zero-order chi connectivity index (χ0) is 23.0. The minimum absolute atomic E-state index is 0.244. The summed E-state index contributed by atoms with van der Waals surface area (Å²) < 4.78 is 0. The molecule has 162 valence electrons. The Balaban J connectivity index is 1.67. The summed E-state index contributed by atoms with van der Waals surface area (Å²) in [5.74, 6) is -0.549. The monoisotopic (exact) mass is 426 g/mol. The highest BCUT2D eigenvalue weighted by atomic mass is 16.2. The van der Waals surface area contributed by atoms with E-state index in [1.165, 1.54) is 0 Å². The van der Waals surface area contributed by atoms with E-state index in [4.69, 9.17) is 0 Å². The lowest BCUT2D eigenvalue weighted by Crippen LogP contribution is -2.29. The summed E-state index contributed by atoms with van der Waals surface area (Å²) in [6.07, 6.45) is 0. The Morgan fingerprint density at radius 3 is 1.81 bits per heavy atom. The topological polar surface area (TPSA) is 66.5 Å². The highest BCUT2D eigenvalue weighted by Gasteiger charge is 2.36. The summed E-state index contributed by atoms with van der Waals surface area (Å²) in [7, 11) is 0. The van der Waals surface area contributed by atoms with Gasteiger partial charge in [0.05, 0.1) is 16.8 Å². The zero-order valence-corrected chi connectivity index (χ0v) is 18.7. The third kappa shape index (κ3) is 3.71. The highest BCUT2D eigenvalue weighted by Crippen LogP contribution is 2.33. The third-order valence-electron chi connectivity index (χ3n) is 5.77. The Morgan fingerprint density at radius 1 is 0.750 bits per heavy atom. The van der Waals surface area contributed by atoms with Gasteiger partial charge in [0.25, 0.3) is 17.7 Å². The van der Waals surface area contributed by atoms with E-state index in [1.54, 1.807) is 48.5 Å². The van der Waals surface area contributed by atoms with E-state index in [2.05, 4.69) is 33.0 Å². The van der Waals surface area contributed by atoms with Crippen molar-refractivity contribution in [3.05, 3.63) is 94.5 Å². The molecule has 3 aromatic carbocycles. The van der Waals surface area contributed by atoms with Crippen LogP contribution in [-0.2, 0) is 0 Å². The molecule has 0 atom stereocenters. The number of nitrogens with one attached hydrogen (secondary N) is 1. The molecule has 1 heterocycles. The first-order chi connectivity index (χ1) is 15.3. The average Bonchev–Trinajstić information content (AvgIpc) is 3.04. The molecule has 0 saturated heterocycles. The first-order valence-corrected chi connectivity index (χ1v) is 10.8. The quantitative estimate of drug-likeness (QED) is 0.510. The van der Waals surface area contributed by atoms with Crippen molar-refractivity contribution in [3.63, 3.8) is 0 Å². The van der Waals surface area contributed by atoms with Crippen molar-refractivity contribution in [2.75, 3.05) is 10.2 Å². The number of nitrogens with zero attached hydrogens (tertiary/aromatic N) is 1. The van der Waals surface area contributed by atoms with Gasteiger partial charge in [-0.1, -0.05) is 64.1 Å². The zero-order valence-electron chi connectivity index (χ0n) is 18.7. The largest absolute Gasteiger partial charge is 0.321 e. The molecule has 32 heavy (non-hydrogen) atoms. The van der Waals surface area contributed by atoms with Crippen LogP contribution in [0.4, 0.5) is 11.4 Å². The molecule has 4 rings (SSSR count). The van der Waals surface area contributed by atoms with Gasteiger partial charge < -0.3 is 5.32 Å². The Morgan fingerprint density at radius 2 is 1.28 bits per heavy atom. The summed E-state index contributed by atoms with van der Waals surface area (Å²) in [6, 6.07) is 19.4. The number of anilines is 2. The van der Waals surface area contributed by atoms with Crippen molar-refractivity contribution in [2.45, 2.75) is 39.5 Å². The number of fused-ring (bicyclic) bond motifs is 1. The fourth-order valence-electron chi connectivity index (χ4n) is 4.09. The summed E-state index contributed by atoms with van der Waals surface area (Å²) in [4.78, 5) is 40.0. The molecule has 0 aromatic heterocycles. The molecule has 5 nitrogen and oxygen atoms in total. The molecule has 0 bridgehead atoms. The van der Waals surface area contributed by atoms with Gasteiger partial charge in [0, 0.05) is 11.3 Å². The van der Waals surface area contributed by atoms with E-state index < -0.39 is 0 Å². The fraction of sp³-hybridized carbons (Fsp3) is 0.222. The molecule has 3 amide bonds. The van der Waals surface area contributed by atoms with Gasteiger partial charge in [-0.15, -0.1) is 0 Å². The standard InChI is InChI=1S/C27H26N2O3/c1-16(2)20-13-8-14-21(17(3)4)24(20)28-25(30)18-9-7-10-19(15-18)29-26(31)22-11-5-6-12-23(22)27(29)32/h5-17H,1-4H3,(H,28,30). The molecule has 5 heteroatoms. The van der Waals surface area contributed by atoms with Gasteiger partial charge >= 0.3 is 0 Å². The van der Waals surface area contributed by atoms with E-state index >= 15 is 0 Å². The second kappa shape index (κ2) is 8.42. The number of hydrogen-bond donors (Lipinski definition) is 1. The van der Waals surface area contributed by atoms with Gasteiger partial charge in [-0.25, -0.2) is 4.90 Å². The van der Waals surface area contributed by atoms with E-state index in [0.717, 1.165) is 21.7 Å². The van der Waals surface area contributed by atoms with Crippen LogP contribution in [0.25, 0.3) is 0 Å². The molecule has 3 aromatic rings. The molecule has 0 aliphatic carbocycles. The maximum absolute atomic E-state index is 13.2. The number of carbonyl (C=O) groups excluding carboxylic acids is 3. The number of carbonyl (C=O) groups is 3. The van der Waals surface area contributed by atoms with E-state index in [9.17, 15) is 14.4 Å². The lowest BCUT2D eigenvalue weighted by molar-refractivity contribution is 0.0924. The second-order valence-electron chi connectivity index (χ2n) is 8.62. The van der Waals surface area contributed by atoms with Crippen LogP contribution in [0.1, 0.15) is 81.7 Å². The van der Waals surface area contributed by atoms with E-state index in [0.29, 0.717) is 22.4 Å². The van der Waals surface area contributed by atoms with Crippen LogP contribution >= 0.6 is 0 Å². The van der Waals surface area contributed by atoms with Crippen molar-refractivity contribution >= 4 is 29.1 Å². The van der Waals surface area contributed by atoms with Gasteiger partial charge in [-0.05, 0) is 53.3 Å². The first kappa shape index (κ1) is 21.5. The lowest BCUT2D eigenvalue weighted by Gasteiger charge is -2.20. The van der Waals surface area contributed by atoms with Crippen LogP contribution in [-0.4, -0.2) is 17.7 Å². The summed E-state index contributed by atoms with van der Waals surface area (Å²) in [6.45, 7) is 8.38.